The van der Waals surface area contributed by atoms with Gasteiger partial charge in [-0.25, -0.2) is 0 Å². The zero-order valence-corrected chi connectivity index (χ0v) is 13.3. The van der Waals surface area contributed by atoms with E-state index in [4.69, 9.17) is 14.2 Å². The maximum absolute atomic E-state index is 5.33. The molecular weight excluding hydrogens is 276 g/mol. The first-order valence-corrected chi connectivity index (χ1v) is 7.29. The van der Waals surface area contributed by atoms with Gasteiger partial charge in [-0.15, -0.1) is 0 Å². The fraction of sp³-hybridized carbons (Fsp3) is 0.263. The van der Waals surface area contributed by atoms with E-state index in [9.17, 15) is 0 Å². The molecule has 0 aliphatic rings. The lowest BCUT2D eigenvalue weighted by atomic mass is 10.1. The number of rotatable bonds is 7. The van der Waals surface area contributed by atoms with Gasteiger partial charge in [0.25, 0.3) is 0 Å². The van der Waals surface area contributed by atoms with Crippen molar-refractivity contribution in [3.8, 4) is 17.2 Å². The van der Waals surface area contributed by atoms with Gasteiger partial charge in [-0.2, -0.15) is 0 Å². The Kier molecular flexibility index (Phi) is 5.90. The van der Waals surface area contributed by atoms with E-state index < -0.39 is 0 Å². The number of ether oxygens (including phenoxy) is 3. The lowest BCUT2D eigenvalue weighted by Gasteiger charge is -2.09. The fourth-order valence-electron chi connectivity index (χ4n) is 2.30. The third-order valence-electron chi connectivity index (χ3n) is 3.48. The monoisotopic (exact) mass is 298 g/mol. The minimum atomic E-state index is 0.760. The van der Waals surface area contributed by atoms with Crippen LogP contribution >= 0.6 is 0 Å². The van der Waals surface area contributed by atoms with Crippen molar-refractivity contribution in [3.05, 3.63) is 59.7 Å². The second kappa shape index (κ2) is 8.13. The van der Waals surface area contributed by atoms with Gasteiger partial charge in [-0.05, 0) is 36.6 Å². The standard InChI is InChI=1S/C19H22O3/c1-20-17-11-7-6-10-16(17)9-5-4-8-15-12-13-18(21-2)19(14-15)22-3/h5-7,9-14H,4,8H2,1-3H3/b9-5+. The molecule has 0 spiro atoms. The molecule has 0 radical (unpaired) electrons. The number of hydrogen-bond donors (Lipinski definition) is 0. The molecule has 0 aliphatic heterocycles. The summed E-state index contributed by atoms with van der Waals surface area (Å²) in [6, 6.07) is 14.0. The van der Waals surface area contributed by atoms with Gasteiger partial charge in [-0.1, -0.05) is 36.4 Å². The van der Waals surface area contributed by atoms with E-state index in [1.54, 1.807) is 21.3 Å². The molecule has 0 saturated carbocycles. The van der Waals surface area contributed by atoms with E-state index >= 15 is 0 Å². The molecule has 0 amide bonds. The molecule has 2 aromatic carbocycles. The van der Waals surface area contributed by atoms with Crippen LogP contribution in [0.2, 0.25) is 0 Å². The number of benzene rings is 2. The van der Waals surface area contributed by atoms with Crippen LogP contribution in [-0.4, -0.2) is 21.3 Å². The number of allylic oxidation sites excluding steroid dienone is 1. The molecule has 0 unspecified atom stereocenters. The van der Waals surface area contributed by atoms with Crippen molar-refractivity contribution in [2.75, 3.05) is 21.3 Å². The molecule has 0 heterocycles. The molecule has 0 aromatic heterocycles. The first kappa shape index (κ1) is 16.0. The molecule has 0 bridgehead atoms. The third kappa shape index (κ3) is 4.04. The van der Waals surface area contributed by atoms with Gasteiger partial charge in [0, 0.05) is 5.56 Å². The van der Waals surface area contributed by atoms with Crippen LogP contribution in [0.4, 0.5) is 0 Å². The maximum Gasteiger partial charge on any atom is 0.160 e. The summed E-state index contributed by atoms with van der Waals surface area (Å²) in [6.07, 6.45) is 6.16. The van der Waals surface area contributed by atoms with E-state index in [1.165, 1.54) is 5.56 Å². The molecule has 2 aromatic rings. The quantitative estimate of drug-likeness (QED) is 0.760. The Balaban J connectivity index is 1.97. The molecule has 0 N–H and O–H groups in total. The van der Waals surface area contributed by atoms with E-state index in [1.807, 2.05) is 36.4 Å². The predicted molar refractivity (Wildman–Crippen MR) is 89.9 cm³/mol. The average molecular weight is 298 g/mol. The molecule has 22 heavy (non-hydrogen) atoms. The third-order valence-corrected chi connectivity index (χ3v) is 3.48. The summed E-state index contributed by atoms with van der Waals surface area (Å²) in [5.41, 5.74) is 2.32. The molecule has 116 valence electrons. The highest BCUT2D eigenvalue weighted by molar-refractivity contribution is 5.57. The van der Waals surface area contributed by atoms with Gasteiger partial charge < -0.3 is 14.2 Å². The second-order valence-electron chi connectivity index (χ2n) is 4.87. The normalized spacial score (nSPS) is 10.7. The van der Waals surface area contributed by atoms with Crippen LogP contribution in [0.25, 0.3) is 6.08 Å². The number of hydrogen-bond acceptors (Lipinski definition) is 3. The lowest BCUT2D eigenvalue weighted by Crippen LogP contribution is -1.92. The number of aryl methyl sites for hydroxylation is 1. The predicted octanol–water partition coefficient (Wildman–Crippen LogP) is 4.36. The van der Waals surface area contributed by atoms with Gasteiger partial charge in [0.2, 0.25) is 0 Å². The largest absolute Gasteiger partial charge is 0.496 e. The van der Waals surface area contributed by atoms with Crippen molar-refractivity contribution in [1.29, 1.82) is 0 Å². The van der Waals surface area contributed by atoms with Gasteiger partial charge in [0.1, 0.15) is 5.75 Å². The highest BCUT2D eigenvalue weighted by Crippen LogP contribution is 2.28. The minimum Gasteiger partial charge on any atom is -0.496 e. The molecular formula is C19H22O3. The van der Waals surface area contributed by atoms with Crippen LogP contribution in [0.5, 0.6) is 17.2 Å². The van der Waals surface area contributed by atoms with E-state index in [-0.39, 0.29) is 0 Å². The van der Waals surface area contributed by atoms with E-state index in [2.05, 4.69) is 18.2 Å². The summed E-state index contributed by atoms with van der Waals surface area (Å²) >= 11 is 0. The first-order valence-electron chi connectivity index (χ1n) is 7.29. The molecule has 0 fully saturated rings. The highest BCUT2D eigenvalue weighted by Gasteiger charge is 2.03. The van der Waals surface area contributed by atoms with Gasteiger partial charge >= 0.3 is 0 Å². The molecule has 3 heteroatoms. The van der Waals surface area contributed by atoms with Crippen LogP contribution < -0.4 is 14.2 Å². The Morgan fingerprint density at radius 1 is 0.818 bits per heavy atom. The Labute approximate surface area is 132 Å². The van der Waals surface area contributed by atoms with Crippen molar-refractivity contribution in [2.24, 2.45) is 0 Å². The Morgan fingerprint density at radius 3 is 2.27 bits per heavy atom. The summed E-state index contributed by atoms with van der Waals surface area (Å²) in [5, 5.41) is 0. The van der Waals surface area contributed by atoms with Crippen LogP contribution in [0.1, 0.15) is 17.5 Å². The van der Waals surface area contributed by atoms with Crippen LogP contribution in [0.3, 0.4) is 0 Å². The molecule has 2 rings (SSSR count). The fourth-order valence-corrected chi connectivity index (χ4v) is 2.30. The molecule has 0 atom stereocenters. The van der Waals surface area contributed by atoms with Crippen LogP contribution in [-0.2, 0) is 6.42 Å². The average Bonchev–Trinajstić information content (AvgIpc) is 2.58. The van der Waals surface area contributed by atoms with Crippen LogP contribution in [0.15, 0.2) is 48.5 Å². The van der Waals surface area contributed by atoms with Gasteiger partial charge in [0.05, 0.1) is 21.3 Å². The second-order valence-corrected chi connectivity index (χ2v) is 4.87. The molecule has 0 aliphatic carbocycles. The van der Waals surface area contributed by atoms with Crippen molar-refractivity contribution in [2.45, 2.75) is 12.8 Å². The van der Waals surface area contributed by atoms with Crippen molar-refractivity contribution >= 4 is 6.08 Å². The topological polar surface area (TPSA) is 27.7 Å². The van der Waals surface area contributed by atoms with Crippen molar-refractivity contribution in [1.82, 2.24) is 0 Å². The number of methoxy groups -OCH3 is 3. The Morgan fingerprint density at radius 2 is 1.55 bits per heavy atom. The zero-order valence-electron chi connectivity index (χ0n) is 13.3. The summed E-state index contributed by atoms with van der Waals surface area (Å²) in [7, 11) is 4.99. The SMILES string of the molecule is COc1ccccc1/C=C/CCc1ccc(OC)c(OC)c1. The molecule has 0 saturated heterocycles. The smallest absolute Gasteiger partial charge is 0.160 e. The first-order chi connectivity index (χ1) is 10.8. The lowest BCUT2D eigenvalue weighted by molar-refractivity contribution is 0.354. The maximum atomic E-state index is 5.33. The van der Waals surface area contributed by atoms with Crippen molar-refractivity contribution in [3.63, 3.8) is 0 Å². The van der Waals surface area contributed by atoms with Gasteiger partial charge in [-0.3, -0.25) is 0 Å². The summed E-state index contributed by atoms with van der Waals surface area (Å²) in [6.45, 7) is 0. The minimum absolute atomic E-state index is 0.760. The van der Waals surface area contributed by atoms with Crippen molar-refractivity contribution < 1.29 is 14.2 Å². The zero-order chi connectivity index (χ0) is 15.8. The van der Waals surface area contributed by atoms with E-state index in [0.717, 1.165) is 35.7 Å². The highest BCUT2D eigenvalue weighted by atomic mass is 16.5. The van der Waals surface area contributed by atoms with E-state index in [0.29, 0.717) is 0 Å². The number of para-hydroxylation sites is 1. The Hall–Kier alpha value is -2.42. The van der Waals surface area contributed by atoms with Crippen LogP contribution in [0, 0.1) is 0 Å². The Bertz CT molecular complexity index is 632. The molecule has 3 nitrogen and oxygen atoms in total. The summed E-state index contributed by atoms with van der Waals surface area (Å²) < 4.78 is 15.9. The summed E-state index contributed by atoms with van der Waals surface area (Å²) in [5.74, 6) is 2.43. The summed E-state index contributed by atoms with van der Waals surface area (Å²) in [4.78, 5) is 0. The van der Waals surface area contributed by atoms with Gasteiger partial charge in [0.15, 0.2) is 11.5 Å².